The maximum Gasteiger partial charge on any atom is 0.136 e. The summed E-state index contributed by atoms with van der Waals surface area (Å²) in [7, 11) is 0. The fourth-order valence-corrected chi connectivity index (χ4v) is 2.88. The van der Waals surface area contributed by atoms with Crippen LogP contribution in [0.2, 0.25) is 0 Å². The Balaban J connectivity index is 1.76. The third-order valence-corrected chi connectivity index (χ3v) is 4.40. The minimum atomic E-state index is 0.646. The van der Waals surface area contributed by atoms with E-state index < -0.39 is 0 Å². The Labute approximate surface area is 129 Å². The molecule has 3 rings (SSSR count). The average molecular weight is 349 g/mol. The highest BCUT2D eigenvalue weighted by atomic mass is 79.9. The van der Waals surface area contributed by atoms with Gasteiger partial charge in [0.2, 0.25) is 0 Å². The first kappa shape index (κ1) is 13.4. The maximum absolute atomic E-state index is 5.38. The molecule has 102 valence electrons. The van der Waals surface area contributed by atoms with Gasteiger partial charge in [0.1, 0.15) is 5.76 Å². The van der Waals surface area contributed by atoms with E-state index >= 15 is 0 Å². The fraction of sp³-hybridized carbons (Fsp3) is 0.133. The summed E-state index contributed by atoms with van der Waals surface area (Å²) < 4.78 is 6.37. The molecule has 0 aliphatic rings. The van der Waals surface area contributed by atoms with Crippen LogP contribution in [-0.2, 0) is 6.54 Å². The third kappa shape index (κ3) is 2.94. The van der Waals surface area contributed by atoms with E-state index in [1.165, 1.54) is 0 Å². The highest BCUT2D eigenvalue weighted by Crippen LogP contribution is 2.25. The summed E-state index contributed by atoms with van der Waals surface area (Å²) in [5, 5.41) is 6.52. The second-order valence-corrected chi connectivity index (χ2v) is 6.29. The Kier molecular flexibility index (Phi) is 3.89. The van der Waals surface area contributed by atoms with Crippen molar-refractivity contribution in [2.24, 2.45) is 0 Å². The number of aryl methyl sites for hydroxylation is 1. The number of furan rings is 1. The molecule has 3 aromatic rings. The lowest BCUT2D eigenvalue weighted by molar-refractivity contribution is 0.516. The van der Waals surface area contributed by atoms with Crippen LogP contribution in [0.15, 0.2) is 50.9 Å². The molecule has 0 amide bonds. The number of hydrogen-bond donors (Lipinski definition) is 1. The molecule has 0 saturated carbocycles. The Morgan fingerprint density at radius 1 is 1.35 bits per heavy atom. The van der Waals surface area contributed by atoms with Gasteiger partial charge in [-0.2, -0.15) is 0 Å². The first-order chi connectivity index (χ1) is 9.72. The van der Waals surface area contributed by atoms with Crippen molar-refractivity contribution < 1.29 is 4.42 Å². The zero-order valence-electron chi connectivity index (χ0n) is 10.9. The zero-order chi connectivity index (χ0) is 13.9. The van der Waals surface area contributed by atoms with E-state index in [9.17, 15) is 0 Å². The zero-order valence-corrected chi connectivity index (χ0v) is 13.3. The van der Waals surface area contributed by atoms with Crippen molar-refractivity contribution in [2.45, 2.75) is 13.5 Å². The van der Waals surface area contributed by atoms with Gasteiger partial charge in [0.05, 0.1) is 28.0 Å². The summed E-state index contributed by atoms with van der Waals surface area (Å²) in [6.45, 7) is 2.66. The van der Waals surface area contributed by atoms with Crippen LogP contribution in [0.3, 0.4) is 0 Å². The number of nitrogens with zero attached hydrogens (tertiary/aromatic N) is 1. The molecule has 0 bridgehead atoms. The number of aromatic nitrogens is 1. The molecule has 5 heteroatoms. The van der Waals surface area contributed by atoms with Gasteiger partial charge in [0.15, 0.2) is 0 Å². The number of thiazole rings is 1. The quantitative estimate of drug-likeness (QED) is 0.713. The second-order valence-electron chi connectivity index (χ2n) is 4.38. The third-order valence-electron chi connectivity index (χ3n) is 2.92. The van der Waals surface area contributed by atoms with Gasteiger partial charge in [-0.3, -0.25) is 0 Å². The van der Waals surface area contributed by atoms with Crippen molar-refractivity contribution in [2.75, 3.05) is 5.32 Å². The van der Waals surface area contributed by atoms with E-state index in [2.05, 4.69) is 43.7 Å². The first-order valence-corrected chi connectivity index (χ1v) is 7.88. The van der Waals surface area contributed by atoms with Gasteiger partial charge in [-0.25, -0.2) is 4.98 Å². The highest BCUT2D eigenvalue weighted by Gasteiger charge is 2.05. The van der Waals surface area contributed by atoms with Gasteiger partial charge in [0.25, 0.3) is 0 Å². The lowest BCUT2D eigenvalue weighted by Crippen LogP contribution is -1.98. The van der Waals surface area contributed by atoms with E-state index in [0.29, 0.717) is 6.54 Å². The van der Waals surface area contributed by atoms with Gasteiger partial charge in [-0.15, -0.1) is 11.3 Å². The number of hydrogen-bond acceptors (Lipinski definition) is 4. The summed E-state index contributed by atoms with van der Waals surface area (Å²) in [6.07, 6.45) is 1.68. The van der Waals surface area contributed by atoms with Crippen molar-refractivity contribution in [1.29, 1.82) is 0 Å². The molecule has 1 N–H and O–H groups in total. The lowest BCUT2D eigenvalue weighted by Gasteiger charge is -2.06. The maximum atomic E-state index is 5.38. The van der Waals surface area contributed by atoms with Crippen molar-refractivity contribution in [3.63, 3.8) is 0 Å². The van der Waals surface area contributed by atoms with Crippen LogP contribution in [-0.4, -0.2) is 4.98 Å². The number of benzene rings is 1. The molecule has 0 atom stereocenters. The predicted molar refractivity (Wildman–Crippen MR) is 86.0 cm³/mol. The van der Waals surface area contributed by atoms with E-state index in [-0.39, 0.29) is 0 Å². The SMILES string of the molecule is Cc1nc(-c2cccc(NCc3occc3Br)c2)cs1. The molecule has 0 spiro atoms. The highest BCUT2D eigenvalue weighted by molar-refractivity contribution is 9.10. The van der Waals surface area contributed by atoms with Crippen LogP contribution >= 0.6 is 27.3 Å². The van der Waals surface area contributed by atoms with E-state index in [4.69, 9.17) is 4.42 Å². The van der Waals surface area contributed by atoms with Crippen molar-refractivity contribution in [1.82, 2.24) is 4.98 Å². The van der Waals surface area contributed by atoms with Crippen LogP contribution < -0.4 is 5.32 Å². The van der Waals surface area contributed by atoms with E-state index in [1.54, 1.807) is 17.6 Å². The number of anilines is 1. The molecule has 20 heavy (non-hydrogen) atoms. The van der Waals surface area contributed by atoms with Gasteiger partial charge in [-0.05, 0) is 41.1 Å². The van der Waals surface area contributed by atoms with Crippen LogP contribution in [0.25, 0.3) is 11.3 Å². The molecule has 3 nitrogen and oxygen atoms in total. The standard InChI is InChI=1S/C15H13BrN2OS/c1-10-18-14(9-20-10)11-3-2-4-12(7-11)17-8-15-13(16)5-6-19-15/h2-7,9,17H,8H2,1H3. The Morgan fingerprint density at radius 2 is 2.25 bits per heavy atom. The minimum absolute atomic E-state index is 0.646. The fourth-order valence-electron chi connectivity index (χ4n) is 1.92. The normalized spacial score (nSPS) is 10.7. The lowest BCUT2D eigenvalue weighted by atomic mass is 10.1. The number of rotatable bonds is 4. The van der Waals surface area contributed by atoms with Gasteiger partial charge in [-0.1, -0.05) is 12.1 Å². The monoisotopic (exact) mass is 348 g/mol. The molecule has 0 aliphatic carbocycles. The molecule has 0 aliphatic heterocycles. The molecular weight excluding hydrogens is 336 g/mol. The van der Waals surface area contributed by atoms with Gasteiger partial charge >= 0.3 is 0 Å². The van der Waals surface area contributed by atoms with Crippen molar-refractivity contribution in [3.8, 4) is 11.3 Å². The first-order valence-electron chi connectivity index (χ1n) is 6.21. The van der Waals surface area contributed by atoms with Crippen LogP contribution in [0, 0.1) is 6.92 Å². The molecule has 0 radical (unpaired) electrons. The molecule has 0 unspecified atom stereocenters. The molecule has 1 aromatic carbocycles. The molecular formula is C15H13BrN2OS. The minimum Gasteiger partial charge on any atom is -0.466 e. The number of halogens is 1. The Morgan fingerprint density at radius 3 is 2.95 bits per heavy atom. The summed E-state index contributed by atoms with van der Waals surface area (Å²) >= 11 is 5.12. The molecule has 0 saturated heterocycles. The summed E-state index contributed by atoms with van der Waals surface area (Å²) in [6, 6.07) is 10.1. The van der Waals surface area contributed by atoms with Gasteiger partial charge < -0.3 is 9.73 Å². The van der Waals surface area contributed by atoms with Crippen molar-refractivity contribution in [3.05, 3.63) is 57.2 Å². The van der Waals surface area contributed by atoms with Crippen LogP contribution in [0.5, 0.6) is 0 Å². The number of nitrogens with one attached hydrogen (secondary N) is 1. The van der Waals surface area contributed by atoms with Gasteiger partial charge in [0, 0.05) is 16.6 Å². The van der Waals surface area contributed by atoms with Crippen LogP contribution in [0.1, 0.15) is 10.8 Å². The molecule has 2 aromatic heterocycles. The molecule has 0 fully saturated rings. The predicted octanol–water partition coefficient (Wildman–Crippen LogP) is 5.09. The largest absolute Gasteiger partial charge is 0.466 e. The van der Waals surface area contributed by atoms with E-state index in [0.717, 1.165) is 32.2 Å². The molecule has 2 heterocycles. The summed E-state index contributed by atoms with van der Waals surface area (Å²) in [5.41, 5.74) is 3.20. The summed E-state index contributed by atoms with van der Waals surface area (Å²) in [4.78, 5) is 4.51. The smallest absolute Gasteiger partial charge is 0.136 e. The second kappa shape index (κ2) is 5.81. The van der Waals surface area contributed by atoms with Crippen molar-refractivity contribution >= 4 is 33.0 Å². The Hall–Kier alpha value is -1.59. The summed E-state index contributed by atoms with van der Waals surface area (Å²) in [5.74, 6) is 0.889. The van der Waals surface area contributed by atoms with E-state index in [1.807, 2.05) is 25.1 Å². The van der Waals surface area contributed by atoms with Crippen LogP contribution in [0.4, 0.5) is 5.69 Å². The Bertz CT molecular complexity index is 720. The topological polar surface area (TPSA) is 38.1 Å². The average Bonchev–Trinajstić information content (AvgIpc) is 3.06.